The number of unbranched alkanes of at least 4 members (excludes halogenated alkanes) is 18. The first-order valence-electron chi connectivity index (χ1n) is 20.1. The molecule has 0 saturated heterocycles. The molecule has 0 aliphatic rings. The van der Waals surface area contributed by atoms with E-state index < -0.39 is 26.5 Å². The summed E-state index contributed by atoms with van der Waals surface area (Å²) in [7, 11) is 1.47. The summed E-state index contributed by atoms with van der Waals surface area (Å²) < 4.78 is 34.1. The van der Waals surface area contributed by atoms with Gasteiger partial charge in [-0.3, -0.25) is 18.6 Å². The SMILES string of the molecule is CCCCCC/C=C\C/C=C\CCCCCCCCCC(=O)OC(COC(=O)CCCCCCCCCC)COP(=O)(O)OCC[N+](C)(C)C. The molecule has 9 nitrogen and oxygen atoms in total. The molecule has 2 atom stereocenters. The zero-order valence-corrected chi connectivity index (χ0v) is 33.8. The fourth-order valence-corrected chi connectivity index (χ4v) is 6.02. The Balaban J connectivity index is 4.35. The van der Waals surface area contributed by atoms with Crippen LogP contribution in [0.1, 0.15) is 168 Å². The first-order valence-corrected chi connectivity index (χ1v) is 21.6. The van der Waals surface area contributed by atoms with Gasteiger partial charge in [0.05, 0.1) is 27.7 Å². The van der Waals surface area contributed by atoms with Gasteiger partial charge in [-0.15, -0.1) is 0 Å². The van der Waals surface area contributed by atoms with Gasteiger partial charge in [0, 0.05) is 12.8 Å². The highest BCUT2D eigenvalue weighted by atomic mass is 31.2. The Labute approximate surface area is 307 Å². The standard InChI is InChI=1S/C40H76NO8P/c1-6-8-10-12-14-16-17-18-19-20-21-22-23-24-25-27-29-31-33-40(43)49-38(37-48-50(44,45)47-35-34-41(3,4)5)36-46-39(42)32-30-28-26-15-13-11-9-7-2/h16-17,19-20,38H,6-15,18,21-37H2,1-5H3/p+1/b17-16-,20-19-. The summed E-state index contributed by atoms with van der Waals surface area (Å²) in [5.41, 5.74) is 0. The molecule has 0 aromatic carbocycles. The normalized spacial score (nSPS) is 14.0. The topological polar surface area (TPSA) is 108 Å². The van der Waals surface area contributed by atoms with Gasteiger partial charge in [0.1, 0.15) is 19.8 Å². The molecule has 0 radical (unpaired) electrons. The maximum Gasteiger partial charge on any atom is 0.472 e. The van der Waals surface area contributed by atoms with Crippen LogP contribution in [0.2, 0.25) is 0 Å². The lowest BCUT2D eigenvalue weighted by molar-refractivity contribution is -0.870. The number of likely N-dealkylation sites (N-methyl/N-ethyl adjacent to an activating group) is 1. The van der Waals surface area contributed by atoms with Crippen molar-refractivity contribution in [3.05, 3.63) is 24.3 Å². The first kappa shape index (κ1) is 48.5. The predicted molar refractivity (Wildman–Crippen MR) is 206 cm³/mol. The predicted octanol–water partition coefficient (Wildman–Crippen LogP) is 10.8. The quantitative estimate of drug-likeness (QED) is 0.0223. The summed E-state index contributed by atoms with van der Waals surface area (Å²) in [4.78, 5) is 35.1. The maximum atomic E-state index is 12.6. The fraction of sp³-hybridized carbons (Fsp3) is 0.850. The highest BCUT2D eigenvalue weighted by Crippen LogP contribution is 2.43. The summed E-state index contributed by atoms with van der Waals surface area (Å²) >= 11 is 0. The van der Waals surface area contributed by atoms with E-state index in [1.165, 1.54) is 83.5 Å². The molecule has 50 heavy (non-hydrogen) atoms. The molecule has 294 valence electrons. The van der Waals surface area contributed by atoms with E-state index >= 15 is 0 Å². The van der Waals surface area contributed by atoms with E-state index in [9.17, 15) is 19.0 Å². The lowest BCUT2D eigenvalue weighted by atomic mass is 10.1. The molecule has 2 unspecified atom stereocenters. The van der Waals surface area contributed by atoms with Crippen molar-refractivity contribution in [1.29, 1.82) is 0 Å². The molecule has 0 fully saturated rings. The molecule has 1 N–H and O–H groups in total. The van der Waals surface area contributed by atoms with Crippen LogP contribution in [0.3, 0.4) is 0 Å². The van der Waals surface area contributed by atoms with E-state index in [1.807, 2.05) is 21.1 Å². The summed E-state index contributed by atoms with van der Waals surface area (Å²) in [6.45, 7) is 4.35. The third-order valence-corrected chi connectivity index (χ3v) is 9.47. The van der Waals surface area contributed by atoms with Gasteiger partial charge >= 0.3 is 19.8 Å². The number of carbonyl (C=O) groups is 2. The monoisotopic (exact) mass is 731 g/mol. The number of phosphoric acid groups is 1. The van der Waals surface area contributed by atoms with Crippen molar-refractivity contribution in [2.24, 2.45) is 0 Å². The van der Waals surface area contributed by atoms with Crippen LogP contribution in [0, 0.1) is 0 Å². The number of quaternary nitrogens is 1. The van der Waals surface area contributed by atoms with E-state index in [4.69, 9.17) is 18.5 Å². The van der Waals surface area contributed by atoms with Gasteiger partial charge < -0.3 is 18.9 Å². The van der Waals surface area contributed by atoms with Gasteiger partial charge in [-0.25, -0.2) is 4.57 Å². The molecule has 0 aromatic rings. The highest BCUT2D eigenvalue weighted by molar-refractivity contribution is 7.47. The average molecular weight is 731 g/mol. The van der Waals surface area contributed by atoms with Crippen LogP contribution in [0.25, 0.3) is 0 Å². The smallest absolute Gasteiger partial charge is 0.462 e. The van der Waals surface area contributed by atoms with Crippen LogP contribution in [-0.2, 0) is 32.7 Å². The van der Waals surface area contributed by atoms with E-state index in [2.05, 4.69) is 38.2 Å². The zero-order valence-electron chi connectivity index (χ0n) is 32.9. The highest BCUT2D eigenvalue weighted by Gasteiger charge is 2.27. The maximum absolute atomic E-state index is 12.6. The summed E-state index contributed by atoms with van der Waals surface area (Å²) in [6, 6.07) is 0. The van der Waals surface area contributed by atoms with Gasteiger partial charge in [-0.1, -0.05) is 134 Å². The van der Waals surface area contributed by atoms with Crippen molar-refractivity contribution in [2.75, 3.05) is 47.5 Å². The molecule has 0 aliphatic carbocycles. The third-order valence-electron chi connectivity index (χ3n) is 8.48. The minimum absolute atomic E-state index is 0.0313. The van der Waals surface area contributed by atoms with Crippen LogP contribution in [-0.4, -0.2) is 74.9 Å². The molecular formula is C40H77NO8P+. The molecule has 0 rings (SSSR count). The third kappa shape index (κ3) is 36.3. The number of nitrogens with zero attached hydrogens (tertiary/aromatic N) is 1. The minimum atomic E-state index is -4.36. The molecule has 0 aromatic heterocycles. The first-order chi connectivity index (χ1) is 24.0. The van der Waals surface area contributed by atoms with Crippen LogP contribution in [0.5, 0.6) is 0 Å². The molecule has 0 heterocycles. The van der Waals surface area contributed by atoms with Crippen LogP contribution in [0.4, 0.5) is 0 Å². The van der Waals surface area contributed by atoms with E-state index in [1.54, 1.807) is 0 Å². The Morgan fingerprint density at radius 3 is 1.60 bits per heavy atom. The summed E-state index contributed by atoms with van der Waals surface area (Å²) in [5, 5.41) is 0. The number of hydrogen-bond acceptors (Lipinski definition) is 7. The van der Waals surface area contributed by atoms with Crippen molar-refractivity contribution in [3.8, 4) is 0 Å². The fourth-order valence-electron chi connectivity index (χ4n) is 5.28. The Morgan fingerprint density at radius 2 is 1.08 bits per heavy atom. The van der Waals surface area contributed by atoms with Gasteiger partial charge in [0.15, 0.2) is 6.10 Å². The largest absolute Gasteiger partial charge is 0.472 e. The number of rotatable bonds is 36. The lowest BCUT2D eigenvalue weighted by Crippen LogP contribution is -2.37. The molecule has 0 saturated carbocycles. The molecular weight excluding hydrogens is 653 g/mol. The van der Waals surface area contributed by atoms with Crippen LogP contribution in [0.15, 0.2) is 24.3 Å². The van der Waals surface area contributed by atoms with Gasteiger partial charge in [-0.05, 0) is 44.9 Å². The molecule has 0 aliphatic heterocycles. The van der Waals surface area contributed by atoms with Crippen molar-refractivity contribution in [3.63, 3.8) is 0 Å². The van der Waals surface area contributed by atoms with Crippen LogP contribution >= 0.6 is 7.82 Å². The molecule has 0 amide bonds. The van der Waals surface area contributed by atoms with Crippen molar-refractivity contribution in [2.45, 2.75) is 174 Å². The van der Waals surface area contributed by atoms with Crippen LogP contribution < -0.4 is 0 Å². The Morgan fingerprint density at radius 1 is 0.620 bits per heavy atom. The summed E-state index contributed by atoms with van der Waals surface area (Å²) in [5.74, 6) is -0.811. The lowest BCUT2D eigenvalue weighted by Gasteiger charge is -2.24. The Hall–Kier alpha value is -1.51. The second kappa shape index (κ2) is 33.3. The molecule has 0 bridgehead atoms. The summed E-state index contributed by atoms with van der Waals surface area (Å²) in [6.07, 6.45) is 33.7. The van der Waals surface area contributed by atoms with E-state index in [0.29, 0.717) is 17.4 Å². The Kier molecular flexibility index (Phi) is 32.3. The van der Waals surface area contributed by atoms with Crippen molar-refractivity contribution >= 4 is 19.8 Å². The van der Waals surface area contributed by atoms with Gasteiger partial charge in [0.25, 0.3) is 0 Å². The van der Waals surface area contributed by atoms with E-state index in [-0.39, 0.29) is 32.0 Å². The zero-order chi connectivity index (χ0) is 37.2. The van der Waals surface area contributed by atoms with Gasteiger partial charge in [-0.2, -0.15) is 0 Å². The number of hydrogen-bond donors (Lipinski definition) is 1. The number of carbonyl (C=O) groups excluding carboxylic acids is 2. The average Bonchev–Trinajstić information content (AvgIpc) is 3.06. The second-order valence-electron chi connectivity index (χ2n) is 14.7. The number of esters is 2. The Bertz CT molecular complexity index is 918. The van der Waals surface area contributed by atoms with Crippen molar-refractivity contribution < 1.29 is 42.1 Å². The van der Waals surface area contributed by atoms with E-state index in [0.717, 1.165) is 51.4 Å². The number of phosphoric ester groups is 1. The molecule has 10 heteroatoms. The van der Waals surface area contributed by atoms with Crippen molar-refractivity contribution in [1.82, 2.24) is 0 Å². The second-order valence-corrected chi connectivity index (χ2v) is 16.1. The molecule has 0 spiro atoms. The number of ether oxygens (including phenoxy) is 2. The number of allylic oxidation sites excluding steroid dienone is 4. The van der Waals surface area contributed by atoms with Gasteiger partial charge in [0.2, 0.25) is 0 Å². The minimum Gasteiger partial charge on any atom is -0.462 e.